The Kier molecular flexibility index (Phi) is 5.64. The number of piperidine rings is 1. The van der Waals surface area contributed by atoms with Gasteiger partial charge in [0.05, 0.1) is 5.92 Å². The van der Waals surface area contributed by atoms with E-state index in [9.17, 15) is 22.8 Å². The lowest BCUT2D eigenvalue weighted by Crippen LogP contribution is -2.51. The molecule has 5 nitrogen and oxygen atoms in total. The highest BCUT2D eigenvalue weighted by Crippen LogP contribution is 2.34. The van der Waals surface area contributed by atoms with Crippen LogP contribution in [0.4, 0.5) is 18.0 Å². The maximum atomic E-state index is 12.5. The van der Waals surface area contributed by atoms with Crippen molar-refractivity contribution in [3.05, 3.63) is 0 Å². The summed E-state index contributed by atoms with van der Waals surface area (Å²) in [5, 5.41) is 11.3. The maximum absolute atomic E-state index is 12.5. The first-order chi connectivity index (χ1) is 9.25. The van der Waals surface area contributed by atoms with E-state index in [0.29, 0.717) is 12.8 Å². The lowest BCUT2D eigenvalue weighted by molar-refractivity contribution is -0.183. The quantitative estimate of drug-likeness (QED) is 0.835. The number of alkyl halides is 3. The molecular weight excluding hydrogens is 277 g/mol. The Balaban J connectivity index is 2.48. The first-order valence-electron chi connectivity index (χ1n) is 6.60. The molecule has 0 aromatic rings. The van der Waals surface area contributed by atoms with Crippen molar-refractivity contribution < 1.29 is 27.9 Å². The fraction of sp³-hybridized carbons (Fsp3) is 0.833. The van der Waals surface area contributed by atoms with Gasteiger partial charge < -0.3 is 15.3 Å². The summed E-state index contributed by atoms with van der Waals surface area (Å²) in [6.45, 7) is 1.78. The van der Waals surface area contributed by atoms with Crippen LogP contribution in [0, 0.1) is 5.92 Å². The molecule has 1 saturated heterocycles. The molecule has 2 amide bonds. The molecule has 20 heavy (non-hydrogen) atoms. The number of hydrogen-bond donors (Lipinski definition) is 2. The van der Waals surface area contributed by atoms with E-state index in [1.165, 1.54) is 4.90 Å². The molecule has 2 N–H and O–H groups in total. The number of carboxylic acids is 1. The van der Waals surface area contributed by atoms with Gasteiger partial charge in [0.25, 0.3) is 0 Å². The van der Waals surface area contributed by atoms with Crippen molar-refractivity contribution in [2.24, 2.45) is 5.92 Å². The standard InChI is InChI=1S/C12H19F3N2O3/c1-2-3-9(10(18)19)16-11(20)17-6-4-8(5-7-17)12(13,14)15/h8-9H,2-7H2,1H3,(H,16,20)(H,18,19)/t9-/m1/s1. The van der Waals surface area contributed by atoms with Crippen LogP contribution in [0.25, 0.3) is 0 Å². The SMILES string of the molecule is CCC[C@@H](NC(=O)N1CCC(C(F)(F)F)CC1)C(=O)O. The fourth-order valence-corrected chi connectivity index (χ4v) is 2.20. The molecule has 0 radical (unpaired) electrons. The van der Waals surface area contributed by atoms with Crippen molar-refractivity contribution in [3.63, 3.8) is 0 Å². The number of hydrogen-bond acceptors (Lipinski definition) is 2. The second-order valence-electron chi connectivity index (χ2n) is 4.93. The van der Waals surface area contributed by atoms with E-state index in [1.54, 1.807) is 6.92 Å². The number of rotatable bonds is 4. The van der Waals surface area contributed by atoms with Gasteiger partial charge >= 0.3 is 18.2 Å². The molecule has 8 heteroatoms. The average molecular weight is 296 g/mol. The molecule has 0 aromatic carbocycles. The number of nitrogens with zero attached hydrogens (tertiary/aromatic N) is 1. The van der Waals surface area contributed by atoms with Gasteiger partial charge in [-0.05, 0) is 19.3 Å². The Morgan fingerprint density at radius 3 is 2.30 bits per heavy atom. The lowest BCUT2D eigenvalue weighted by Gasteiger charge is -2.33. The largest absolute Gasteiger partial charge is 0.480 e. The Hall–Kier alpha value is -1.47. The van der Waals surface area contributed by atoms with E-state index in [4.69, 9.17) is 5.11 Å². The van der Waals surface area contributed by atoms with Crippen LogP contribution in [0.5, 0.6) is 0 Å². The normalized spacial score (nSPS) is 18.7. The highest BCUT2D eigenvalue weighted by molar-refractivity contribution is 5.82. The first kappa shape index (κ1) is 16.6. The van der Waals surface area contributed by atoms with E-state index in [-0.39, 0.29) is 25.9 Å². The van der Waals surface area contributed by atoms with Crippen LogP contribution >= 0.6 is 0 Å². The number of likely N-dealkylation sites (tertiary alicyclic amines) is 1. The molecule has 1 aliphatic rings. The van der Waals surface area contributed by atoms with Crippen LogP contribution < -0.4 is 5.32 Å². The maximum Gasteiger partial charge on any atom is 0.391 e. The van der Waals surface area contributed by atoms with Crippen molar-refractivity contribution in [3.8, 4) is 0 Å². The molecule has 0 bridgehead atoms. The summed E-state index contributed by atoms with van der Waals surface area (Å²) in [4.78, 5) is 24.0. The number of nitrogens with one attached hydrogen (secondary N) is 1. The van der Waals surface area contributed by atoms with Crippen molar-refractivity contribution in [2.45, 2.75) is 44.8 Å². The molecule has 0 saturated carbocycles. The Bertz CT molecular complexity index is 352. The van der Waals surface area contributed by atoms with Crippen LogP contribution in [-0.2, 0) is 4.79 Å². The number of aliphatic carboxylic acids is 1. The predicted octanol–water partition coefficient (Wildman–Crippen LogP) is 2.22. The Morgan fingerprint density at radius 1 is 1.35 bits per heavy atom. The second kappa shape index (κ2) is 6.81. The lowest BCUT2D eigenvalue weighted by atomic mass is 9.96. The van der Waals surface area contributed by atoms with Gasteiger partial charge in [0.15, 0.2) is 0 Å². The van der Waals surface area contributed by atoms with Gasteiger partial charge in [0.2, 0.25) is 0 Å². The molecule has 0 aliphatic carbocycles. The van der Waals surface area contributed by atoms with E-state index >= 15 is 0 Å². The molecular formula is C12H19F3N2O3. The third-order valence-electron chi connectivity index (χ3n) is 3.42. The second-order valence-corrected chi connectivity index (χ2v) is 4.93. The number of carbonyl (C=O) groups is 2. The van der Waals surface area contributed by atoms with Crippen LogP contribution in [0.15, 0.2) is 0 Å². The van der Waals surface area contributed by atoms with E-state index in [0.717, 1.165) is 0 Å². The topological polar surface area (TPSA) is 69.6 Å². The zero-order chi connectivity index (χ0) is 15.3. The highest BCUT2D eigenvalue weighted by atomic mass is 19.4. The molecule has 1 aliphatic heterocycles. The number of halogens is 3. The summed E-state index contributed by atoms with van der Waals surface area (Å²) in [7, 11) is 0. The monoisotopic (exact) mass is 296 g/mol. The van der Waals surface area contributed by atoms with Crippen LogP contribution in [-0.4, -0.2) is 47.3 Å². The highest BCUT2D eigenvalue weighted by Gasteiger charge is 2.41. The summed E-state index contributed by atoms with van der Waals surface area (Å²) in [5.74, 6) is -2.51. The minimum atomic E-state index is -4.23. The van der Waals surface area contributed by atoms with E-state index in [1.807, 2.05) is 0 Å². The molecule has 1 fully saturated rings. The summed E-state index contributed by atoms with van der Waals surface area (Å²) in [5.41, 5.74) is 0. The molecule has 1 rings (SSSR count). The smallest absolute Gasteiger partial charge is 0.391 e. The van der Waals surface area contributed by atoms with Crippen molar-refractivity contribution in [2.75, 3.05) is 13.1 Å². The van der Waals surface area contributed by atoms with E-state index < -0.39 is 30.1 Å². The van der Waals surface area contributed by atoms with Crippen LogP contribution in [0.3, 0.4) is 0 Å². The number of amides is 2. The third kappa shape index (κ3) is 4.57. The molecule has 1 atom stereocenters. The fourth-order valence-electron chi connectivity index (χ4n) is 2.20. The van der Waals surface area contributed by atoms with Gasteiger partial charge in [-0.3, -0.25) is 0 Å². The summed E-state index contributed by atoms with van der Waals surface area (Å²) in [6, 6.07) is -1.60. The van der Waals surface area contributed by atoms with E-state index in [2.05, 4.69) is 5.32 Å². The van der Waals surface area contributed by atoms with Gasteiger partial charge in [-0.2, -0.15) is 13.2 Å². The number of urea groups is 1. The molecule has 1 heterocycles. The van der Waals surface area contributed by atoms with Crippen LogP contribution in [0.1, 0.15) is 32.6 Å². The zero-order valence-electron chi connectivity index (χ0n) is 11.2. The Labute approximate surface area is 115 Å². The summed E-state index contributed by atoms with van der Waals surface area (Å²) in [6.07, 6.45) is -3.62. The van der Waals surface area contributed by atoms with Gasteiger partial charge in [-0.25, -0.2) is 9.59 Å². The molecule has 116 valence electrons. The third-order valence-corrected chi connectivity index (χ3v) is 3.42. The van der Waals surface area contributed by atoms with Crippen LogP contribution in [0.2, 0.25) is 0 Å². The Morgan fingerprint density at radius 2 is 1.90 bits per heavy atom. The van der Waals surface area contributed by atoms with Gasteiger partial charge in [-0.1, -0.05) is 13.3 Å². The van der Waals surface area contributed by atoms with Gasteiger partial charge in [0.1, 0.15) is 6.04 Å². The van der Waals surface area contributed by atoms with Gasteiger partial charge in [-0.15, -0.1) is 0 Å². The first-order valence-corrected chi connectivity index (χ1v) is 6.60. The molecule has 0 unspecified atom stereocenters. The van der Waals surface area contributed by atoms with Crippen molar-refractivity contribution >= 4 is 12.0 Å². The average Bonchev–Trinajstić information content (AvgIpc) is 2.37. The molecule has 0 aromatic heterocycles. The van der Waals surface area contributed by atoms with Gasteiger partial charge in [0, 0.05) is 13.1 Å². The number of carboxylic acid groups (broad SMARTS) is 1. The van der Waals surface area contributed by atoms with Crippen molar-refractivity contribution in [1.29, 1.82) is 0 Å². The summed E-state index contributed by atoms with van der Waals surface area (Å²) < 4.78 is 37.5. The molecule has 0 spiro atoms. The number of carbonyl (C=O) groups excluding carboxylic acids is 1. The van der Waals surface area contributed by atoms with Crippen molar-refractivity contribution in [1.82, 2.24) is 10.2 Å². The minimum Gasteiger partial charge on any atom is -0.480 e. The summed E-state index contributed by atoms with van der Waals surface area (Å²) >= 11 is 0. The zero-order valence-corrected chi connectivity index (χ0v) is 11.2. The predicted molar refractivity (Wildman–Crippen MR) is 65.2 cm³/mol. The minimum absolute atomic E-state index is 0.00548.